The fourth-order valence-corrected chi connectivity index (χ4v) is 3.72. The van der Waals surface area contributed by atoms with Crippen molar-refractivity contribution < 1.29 is 4.79 Å². The molecule has 1 amide bonds. The van der Waals surface area contributed by atoms with Crippen molar-refractivity contribution >= 4 is 22.2 Å². The molecule has 0 aromatic carbocycles. The molecule has 0 aliphatic carbocycles. The lowest BCUT2D eigenvalue weighted by atomic mass is 9.99. The van der Waals surface area contributed by atoms with Gasteiger partial charge in [-0.05, 0) is 39.2 Å². The van der Waals surface area contributed by atoms with E-state index in [1.165, 1.54) is 11.3 Å². The van der Waals surface area contributed by atoms with E-state index < -0.39 is 0 Å². The van der Waals surface area contributed by atoms with Crippen LogP contribution in [0.2, 0.25) is 0 Å². The van der Waals surface area contributed by atoms with Crippen molar-refractivity contribution in [3.8, 4) is 6.07 Å². The van der Waals surface area contributed by atoms with E-state index in [9.17, 15) is 10.1 Å². The molecular weight excluding hydrogens is 284 g/mol. The summed E-state index contributed by atoms with van der Waals surface area (Å²) < 4.78 is 0. The van der Waals surface area contributed by atoms with E-state index in [-0.39, 0.29) is 11.9 Å². The lowest BCUT2D eigenvalue weighted by Gasteiger charge is -2.35. The highest BCUT2D eigenvalue weighted by molar-refractivity contribution is 7.16. The van der Waals surface area contributed by atoms with Crippen molar-refractivity contribution in [1.82, 2.24) is 4.90 Å². The normalized spacial score (nSPS) is 22.8. The highest BCUT2D eigenvalue weighted by atomic mass is 32.1. The fourth-order valence-electron chi connectivity index (χ4n) is 2.69. The van der Waals surface area contributed by atoms with Crippen molar-refractivity contribution in [1.29, 1.82) is 5.26 Å². The van der Waals surface area contributed by atoms with Gasteiger partial charge in [0.1, 0.15) is 11.1 Å². The number of amides is 1. The summed E-state index contributed by atoms with van der Waals surface area (Å²) in [5.74, 6) is -0.0601. The van der Waals surface area contributed by atoms with Crippen molar-refractivity contribution in [2.45, 2.75) is 45.7 Å². The van der Waals surface area contributed by atoms with Gasteiger partial charge in [0, 0.05) is 23.5 Å². The van der Waals surface area contributed by atoms with Gasteiger partial charge in [-0.1, -0.05) is 0 Å². The number of nitrogens with two attached hydrogens (primary N) is 1. The molecule has 1 aromatic rings. The second kappa shape index (κ2) is 6.56. The van der Waals surface area contributed by atoms with Crippen molar-refractivity contribution in [2.24, 2.45) is 5.73 Å². The molecule has 1 fully saturated rings. The van der Waals surface area contributed by atoms with Gasteiger partial charge < -0.3 is 11.1 Å². The van der Waals surface area contributed by atoms with E-state index in [0.717, 1.165) is 29.8 Å². The summed E-state index contributed by atoms with van der Waals surface area (Å²) in [6.07, 6.45) is 1.85. The molecule has 0 bridgehead atoms. The number of carbonyl (C=O) groups excluding carboxylic acids is 1. The topological polar surface area (TPSA) is 82.2 Å². The molecule has 2 heterocycles. The molecule has 1 aliphatic rings. The first-order valence-electron chi connectivity index (χ1n) is 7.22. The fraction of sp³-hybridized carbons (Fsp3) is 0.600. The first kappa shape index (κ1) is 16.0. The van der Waals surface area contributed by atoms with E-state index in [2.05, 4.69) is 23.2 Å². The SMILES string of the molecule is Cc1sc(NC(=O)CN2CCC(N)CC2C)c(C#N)c1C. The third-order valence-electron chi connectivity index (χ3n) is 4.15. The van der Waals surface area contributed by atoms with Gasteiger partial charge >= 0.3 is 0 Å². The van der Waals surface area contributed by atoms with Crippen LogP contribution in [-0.4, -0.2) is 36.0 Å². The summed E-state index contributed by atoms with van der Waals surface area (Å²) in [7, 11) is 0. The van der Waals surface area contributed by atoms with Crippen LogP contribution in [0.1, 0.15) is 35.8 Å². The second-order valence-electron chi connectivity index (χ2n) is 5.75. The molecular formula is C15H22N4OS. The molecule has 6 heteroatoms. The smallest absolute Gasteiger partial charge is 0.239 e. The summed E-state index contributed by atoms with van der Waals surface area (Å²) >= 11 is 1.46. The predicted octanol–water partition coefficient (Wildman–Crippen LogP) is 1.99. The van der Waals surface area contributed by atoms with Gasteiger partial charge in [-0.15, -0.1) is 11.3 Å². The van der Waals surface area contributed by atoms with Crippen LogP contribution in [0.4, 0.5) is 5.00 Å². The lowest BCUT2D eigenvalue weighted by molar-refractivity contribution is -0.118. The molecule has 2 unspecified atom stereocenters. The minimum absolute atomic E-state index is 0.0601. The molecule has 0 saturated carbocycles. The van der Waals surface area contributed by atoms with E-state index >= 15 is 0 Å². The van der Waals surface area contributed by atoms with Gasteiger partial charge in [-0.2, -0.15) is 5.26 Å². The van der Waals surface area contributed by atoms with Crippen LogP contribution in [0, 0.1) is 25.2 Å². The molecule has 21 heavy (non-hydrogen) atoms. The molecule has 114 valence electrons. The maximum Gasteiger partial charge on any atom is 0.239 e. The first-order chi connectivity index (χ1) is 9.92. The average molecular weight is 306 g/mol. The Morgan fingerprint density at radius 2 is 2.29 bits per heavy atom. The zero-order chi connectivity index (χ0) is 15.6. The van der Waals surface area contributed by atoms with Crippen molar-refractivity contribution in [3.63, 3.8) is 0 Å². The Bertz CT molecular complexity index is 575. The summed E-state index contributed by atoms with van der Waals surface area (Å²) in [5.41, 5.74) is 7.47. The quantitative estimate of drug-likeness (QED) is 0.894. The molecule has 0 spiro atoms. The van der Waals surface area contributed by atoms with E-state index in [0.29, 0.717) is 23.2 Å². The number of hydrogen-bond donors (Lipinski definition) is 2. The standard InChI is InChI=1S/C15H22N4OS/c1-9-6-12(17)4-5-19(9)8-14(20)18-15-13(7-16)10(2)11(3)21-15/h9,12H,4-6,8,17H2,1-3H3,(H,18,20). The van der Waals surface area contributed by atoms with E-state index in [4.69, 9.17) is 5.73 Å². The number of likely N-dealkylation sites (tertiary alicyclic amines) is 1. The van der Waals surface area contributed by atoms with Crippen LogP contribution in [-0.2, 0) is 4.79 Å². The Balaban J connectivity index is 2.00. The van der Waals surface area contributed by atoms with Gasteiger partial charge in [-0.25, -0.2) is 0 Å². The Hall–Kier alpha value is -1.42. The minimum Gasteiger partial charge on any atom is -0.328 e. The number of nitrogens with one attached hydrogen (secondary N) is 1. The molecule has 5 nitrogen and oxygen atoms in total. The second-order valence-corrected chi connectivity index (χ2v) is 6.98. The van der Waals surface area contributed by atoms with Crippen LogP contribution >= 0.6 is 11.3 Å². The Kier molecular flexibility index (Phi) is 4.99. The maximum atomic E-state index is 12.2. The van der Waals surface area contributed by atoms with Gasteiger partial charge in [0.25, 0.3) is 0 Å². The number of hydrogen-bond acceptors (Lipinski definition) is 5. The molecule has 0 radical (unpaired) electrons. The number of carbonyl (C=O) groups is 1. The lowest BCUT2D eigenvalue weighted by Crippen LogP contribution is -2.48. The van der Waals surface area contributed by atoms with Crippen LogP contribution in [0.5, 0.6) is 0 Å². The zero-order valence-corrected chi connectivity index (χ0v) is 13.6. The van der Waals surface area contributed by atoms with Gasteiger partial charge in [0.05, 0.1) is 12.1 Å². The van der Waals surface area contributed by atoms with Crippen LogP contribution < -0.4 is 11.1 Å². The van der Waals surface area contributed by atoms with E-state index in [1.54, 1.807) is 0 Å². The van der Waals surface area contributed by atoms with Crippen molar-refractivity contribution in [3.05, 3.63) is 16.0 Å². The molecule has 1 aliphatic heterocycles. The summed E-state index contributed by atoms with van der Waals surface area (Å²) in [6, 6.07) is 2.74. The van der Waals surface area contributed by atoms with Crippen LogP contribution in [0.3, 0.4) is 0 Å². The number of nitriles is 1. The largest absolute Gasteiger partial charge is 0.328 e. The average Bonchev–Trinajstić information content (AvgIpc) is 2.67. The number of aryl methyl sites for hydroxylation is 1. The van der Waals surface area contributed by atoms with Gasteiger partial charge in [-0.3, -0.25) is 9.69 Å². The van der Waals surface area contributed by atoms with Crippen molar-refractivity contribution in [2.75, 3.05) is 18.4 Å². The molecule has 2 rings (SSSR count). The van der Waals surface area contributed by atoms with Crippen LogP contribution in [0.15, 0.2) is 0 Å². The zero-order valence-electron chi connectivity index (χ0n) is 12.8. The van der Waals surface area contributed by atoms with E-state index in [1.807, 2.05) is 13.8 Å². The summed E-state index contributed by atoms with van der Waals surface area (Å²) in [6.45, 7) is 7.18. The number of piperidine rings is 1. The summed E-state index contributed by atoms with van der Waals surface area (Å²) in [4.78, 5) is 15.4. The monoisotopic (exact) mass is 306 g/mol. The third kappa shape index (κ3) is 3.62. The number of rotatable bonds is 3. The molecule has 2 atom stereocenters. The predicted molar refractivity (Wildman–Crippen MR) is 85.4 cm³/mol. The number of nitrogens with zero attached hydrogens (tertiary/aromatic N) is 2. The van der Waals surface area contributed by atoms with Gasteiger partial charge in [0.15, 0.2) is 0 Å². The number of thiophene rings is 1. The first-order valence-corrected chi connectivity index (χ1v) is 8.03. The third-order valence-corrected chi connectivity index (χ3v) is 5.27. The molecule has 3 N–H and O–H groups in total. The Morgan fingerprint density at radius 3 is 2.90 bits per heavy atom. The minimum atomic E-state index is -0.0601. The Morgan fingerprint density at radius 1 is 1.57 bits per heavy atom. The highest BCUT2D eigenvalue weighted by Gasteiger charge is 2.25. The highest BCUT2D eigenvalue weighted by Crippen LogP contribution is 2.31. The number of anilines is 1. The summed E-state index contributed by atoms with van der Waals surface area (Å²) in [5, 5.41) is 12.8. The molecule has 1 aromatic heterocycles. The maximum absolute atomic E-state index is 12.2. The van der Waals surface area contributed by atoms with Gasteiger partial charge in [0.2, 0.25) is 5.91 Å². The Labute approximate surface area is 129 Å². The van der Waals surface area contributed by atoms with Crippen LogP contribution in [0.25, 0.3) is 0 Å². The molecule has 1 saturated heterocycles.